The second-order valence-corrected chi connectivity index (χ2v) is 7.39. The summed E-state index contributed by atoms with van der Waals surface area (Å²) in [6.07, 6.45) is 7.58. The van der Waals surface area contributed by atoms with Crippen molar-refractivity contribution < 1.29 is 9.47 Å². The highest BCUT2D eigenvalue weighted by atomic mass is 127. The van der Waals surface area contributed by atoms with Crippen molar-refractivity contribution in [3.05, 3.63) is 23.8 Å². The predicted molar refractivity (Wildman–Crippen MR) is 132 cm³/mol. The first-order chi connectivity index (χ1) is 13.7. The van der Waals surface area contributed by atoms with Crippen LogP contribution >= 0.6 is 24.0 Å². The third-order valence-electron chi connectivity index (χ3n) is 5.43. The average Bonchev–Trinajstić information content (AvgIpc) is 2.98. The minimum absolute atomic E-state index is 0. The molecule has 166 valence electrons. The average molecular weight is 518 g/mol. The summed E-state index contributed by atoms with van der Waals surface area (Å²) in [5.41, 5.74) is 7.16. The molecule has 29 heavy (non-hydrogen) atoms. The monoisotopic (exact) mass is 518 g/mol. The quantitative estimate of drug-likeness (QED) is 0.211. The number of hydrogen-bond donors (Lipinski definition) is 2. The summed E-state index contributed by atoms with van der Waals surface area (Å²) < 4.78 is 11.4. The lowest BCUT2D eigenvalue weighted by atomic mass is 10.1. The SMILES string of the molecule is CCN(CC)CCOc1ccc(CN=C(N)NC2CCCCCC2)cc1OC.I. The fourth-order valence-corrected chi connectivity index (χ4v) is 3.61. The van der Waals surface area contributed by atoms with E-state index >= 15 is 0 Å². The van der Waals surface area contributed by atoms with Gasteiger partial charge in [-0.05, 0) is 43.6 Å². The molecule has 0 heterocycles. The zero-order valence-electron chi connectivity index (χ0n) is 18.3. The summed E-state index contributed by atoms with van der Waals surface area (Å²) in [6.45, 7) is 8.47. The van der Waals surface area contributed by atoms with Gasteiger partial charge in [-0.25, -0.2) is 4.99 Å². The molecule has 7 heteroatoms. The highest BCUT2D eigenvalue weighted by Crippen LogP contribution is 2.28. The van der Waals surface area contributed by atoms with Gasteiger partial charge in [0.1, 0.15) is 6.61 Å². The molecule has 1 aromatic rings. The van der Waals surface area contributed by atoms with E-state index in [1.54, 1.807) is 7.11 Å². The number of ether oxygens (including phenoxy) is 2. The van der Waals surface area contributed by atoms with Crippen LogP contribution in [0.2, 0.25) is 0 Å². The molecule has 0 aliphatic heterocycles. The number of halogens is 1. The highest BCUT2D eigenvalue weighted by molar-refractivity contribution is 14.0. The Morgan fingerprint density at radius 3 is 2.45 bits per heavy atom. The van der Waals surface area contributed by atoms with Crippen LogP contribution in [0, 0.1) is 0 Å². The number of benzene rings is 1. The molecule has 0 radical (unpaired) electrons. The van der Waals surface area contributed by atoms with Crippen molar-refractivity contribution in [3.8, 4) is 11.5 Å². The number of nitrogens with zero attached hydrogens (tertiary/aromatic N) is 2. The van der Waals surface area contributed by atoms with Gasteiger partial charge in [-0.2, -0.15) is 0 Å². The molecular formula is C22H39IN4O2. The molecule has 0 bridgehead atoms. The lowest BCUT2D eigenvalue weighted by Crippen LogP contribution is -2.39. The van der Waals surface area contributed by atoms with E-state index in [4.69, 9.17) is 15.2 Å². The maximum Gasteiger partial charge on any atom is 0.189 e. The Morgan fingerprint density at radius 1 is 1.14 bits per heavy atom. The minimum atomic E-state index is 0. The number of hydrogen-bond acceptors (Lipinski definition) is 4. The smallest absolute Gasteiger partial charge is 0.189 e. The van der Waals surface area contributed by atoms with E-state index in [0.717, 1.165) is 36.7 Å². The number of rotatable bonds is 10. The van der Waals surface area contributed by atoms with E-state index < -0.39 is 0 Å². The van der Waals surface area contributed by atoms with Crippen molar-refractivity contribution in [2.75, 3.05) is 33.4 Å². The van der Waals surface area contributed by atoms with Gasteiger partial charge in [0.15, 0.2) is 17.5 Å². The zero-order chi connectivity index (χ0) is 20.2. The zero-order valence-corrected chi connectivity index (χ0v) is 20.6. The van der Waals surface area contributed by atoms with Gasteiger partial charge in [0.25, 0.3) is 0 Å². The number of nitrogens with two attached hydrogens (primary N) is 1. The molecular weight excluding hydrogens is 479 g/mol. The molecule has 0 unspecified atom stereocenters. The van der Waals surface area contributed by atoms with Gasteiger partial charge in [-0.15, -0.1) is 24.0 Å². The van der Waals surface area contributed by atoms with Crippen molar-refractivity contribution in [2.24, 2.45) is 10.7 Å². The Balaban J connectivity index is 0.00000420. The Hall–Kier alpha value is -1.22. The molecule has 1 aromatic carbocycles. The molecule has 6 nitrogen and oxygen atoms in total. The molecule has 1 aliphatic rings. The molecule has 1 saturated carbocycles. The Kier molecular flexibility index (Phi) is 13.1. The van der Waals surface area contributed by atoms with E-state index in [0.29, 0.717) is 25.2 Å². The molecule has 0 amide bonds. The Labute approximate surface area is 193 Å². The summed E-state index contributed by atoms with van der Waals surface area (Å²) in [5.74, 6) is 2.04. The largest absolute Gasteiger partial charge is 0.493 e. The number of methoxy groups -OCH3 is 1. The van der Waals surface area contributed by atoms with Gasteiger partial charge in [-0.3, -0.25) is 0 Å². The third kappa shape index (κ3) is 9.42. The van der Waals surface area contributed by atoms with Crippen molar-refractivity contribution >= 4 is 29.9 Å². The van der Waals surface area contributed by atoms with Crippen molar-refractivity contribution in [2.45, 2.75) is 65.0 Å². The van der Waals surface area contributed by atoms with Gasteiger partial charge in [0, 0.05) is 12.6 Å². The standard InChI is InChI=1S/C22H38N4O2.HI/c1-4-26(5-2)14-15-28-20-13-12-18(16-21(20)27-3)17-24-22(23)25-19-10-8-6-7-9-11-19;/h12-13,16,19H,4-11,14-15,17H2,1-3H3,(H3,23,24,25);1H. The lowest BCUT2D eigenvalue weighted by Gasteiger charge is -2.19. The van der Waals surface area contributed by atoms with Crippen LogP contribution in [-0.2, 0) is 6.54 Å². The van der Waals surface area contributed by atoms with Gasteiger partial charge in [-0.1, -0.05) is 45.6 Å². The van der Waals surface area contributed by atoms with Gasteiger partial charge < -0.3 is 25.4 Å². The molecule has 2 rings (SSSR count). The number of likely N-dealkylation sites (N-methyl/N-ethyl adjacent to an activating group) is 1. The number of guanidine groups is 1. The third-order valence-corrected chi connectivity index (χ3v) is 5.43. The van der Waals surface area contributed by atoms with Crippen molar-refractivity contribution in [1.29, 1.82) is 0 Å². The van der Waals surface area contributed by atoms with E-state index in [1.165, 1.54) is 38.5 Å². The summed E-state index contributed by atoms with van der Waals surface area (Å²) in [6, 6.07) is 6.43. The molecule has 0 spiro atoms. The summed E-state index contributed by atoms with van der Waals surface area (Å²) in [4.78, 5) is 6.84. The van der Waals surface area contributed by atoms with Crippen LogP contribution in [0.15, 0.2) is 23.2 Å². The summed E-state index contributed by atoms with van der Waals surface area (Å²) in [5, 5.41) is 3.39. The topological polar surface area (TPSA) is 72.1 Å². The normalized spacial score (nSPS) is 15.5. The molecule has 0 saturated heterocycles. The maximum atomic E-state index is 6.10. The van der Waals surface area contributed by atoms with Crippen LogP contribution in [0.1, 0.15) is 57.9 Å². The fourth-order valence-electron chi connectivity index (χ4n) is 3.61. The van der Waals surface area contributed by atoms with Gasteiger partial charge in [0.2, 0.25) is 0 Å². The first kappa shape index (κ1) is 25.8. The van der Waals surface area contributed by atoms with Gasteiger partial charge in [0.05, 0.1) is 13.7 Å². The first-order valence-corrected chi connectivity index (χ1v) is 10.7. The van der Waals surface area contributed by atoms with E-state index in [1.807, 2.05) is 18.2 Å². The molecule has 3 N–H and O–H groups in total. The highest BCUT2D eigenvalue weighted by Gasteiger charge is 2.12. The van der Waals surface area contributed by atoms with Crippen LogP contribution in [0.25, 0.3) is 0 Å². The van der Waals surface area contributed by atoms with Crippen LogP contribution < -0.4 is 20.5 Å². The van der Waals surface area contributed by atoms with Crippen LogP contribution in [0.4, 0.5) is 0 Å². The Morgan fingerprint density at radius 2 is 1.83 bits per heavy atom. The molecule has 1 aliphatic carbocycles. The van der Waals surface area contributed by atoms with E-state index in [-0.39, 0.29) is 24.0 Å². The van der Waals surface area contributed by atoms with Gasteiger partial charge >= 0.3 is 0 Å². The van der Waals surface area contributed by atoms with E-state index in [2.05, 4.69) is 29.1 Å². The molecule has 0 aromatic heterocycles. The predicted octanol–water partition coefficient (Wildman–Crippen LogP) is 4.16. The molecule has 0 atom stereocenters. The molecule has 1 fully saturated rings. The van der Waals surface area contributed by atoms with Crippen molar-refractivity contribution in [1.82, 2.24) is 10.2 Å². The van der Waals surface area contributed by atoms with Crippen LogP contribution in [-0.4, -0.2) is 50.3 Å². The Bertz CT molecular complexity index is 600. The summed E-state index contributed by atoms with van der Waals surface area (Å²) >= 11 is 0. The summed E-state index contributed by atoms with van der Waals surface area (Å²) in [7, 11) is 1.67. The minimum Gasteiger partial charge on any atom is -0.493 e. The fraction of sp³-hybridized carbons (Fsp3) is 0.682. The second-order valence-electron chi connectivity index (χ2n) is 7.39. The van der Waals surface area contributed by atoms with Crippen LogP contribution in [0.3, 0.4) is 0 Å². The number of aliphatic imine (C=N–C) groups is 1. The van der Waals surface area contributed by atoms with E-state index in [9.17, 15) is 0 Å². The first-order valence-electron chi connectivity index (χ1n) is 10.7. The maximum absolute atomic E-state index is 6.10. The van der Waals surface area contributed by atoms with Crippen LogP contribution in [0.5, 0.6) is 11.5 Å². The lowest BCUT2D eigenvalue weighted by molar-refractivity contribution is 0.217. The number of nitrogens with one attached hydrogen (secondary N) is 1. The second kappa shape index (κ2) is 14.7. The van der Waals surface area contributed by atoms with Crippen molar-refractivity contribution in [3.63, 3.8) is 0 Å².